The van der Waals surface area contributed by atoms with Crippen LogP contribution in [0.25, 0.3) is 0 Å². The average Bonchev–Trinajstić information content (AvgIpc) is 2.15. The van der Waals surface area contributed by atoms with Gasteiger partial charge in [-0.25, -0.2) is 8.42 Å². The molecule has 78 valence electrons. The van der Waals surface area contributed by atoms with Gasteiger partial charge in [0, 0.05) is 0 Å². The summed E-state index contributed by atoms with van der Waals surface area (Å²) >= 11 is 5.39. The van der Waals surface area contributed by atoms with Gasteiger partial charge in [0.25, 0.3) is 0 Å². The van der Waals surface area contributed by atoms with E-state index in [1.54, 1.807) is 0 Å². The first kappa shape index (κ1) is 15.4. The van der Waals surface area contributed by atoms with E-state index >= 15 is 0 Å². The fraction of sp³-hybridized carbons (Fsp3) is 0.250. The van der Waals surface area contributed by atoms with Crippen LogP contribution in [0.4, 0.5) is 0 Å². The summed E-state index contributed by atoms with van der Waals surface area (Å²) in [6, 6.07) is 5.01. The molecule has 0 radical (unpaired) electrons. The molecule has 0 saturated carbocycles. The van der Waals surface area contributed by atoms with E-state index in [0.717, 1.165) is 12.1 Å². The number of hydrogen-bond acceptors (Lipinski definition) is 4. The third kappa shape index (κ3) is 4.40. The van der Waals surface area contributed by atoms with Crippen LogP contribution < -0.4 is 29.6 Å². The predicted molar refractivity (Wildman–Crippen MR) is 50.1 cm³/mol. The molecule has 0 aliphatic rings. The number of benzene rings is 1. The second kappa shape index (κ2) is 6.20. The molecule has 1 aromatic rings. The zero-order valence-electron chi connectivity index (χ0n) is 8.05. The predicted octanol–water partition coefficient (Wildman–Crippen LogP) is -2.13. The Balaban J connectivity index is 0.00000196. The first-order valence-corrected chi connectivity index (χ1v) is 5.69. The van der Waals surface area contributed by atoms with Crippen LogP contribution in [-0.2, 0) is 10.1 Å². The molecular weight excluding hydrogens is 251 g/mol. The maximum absolute atomic E-state index is 10.5. The van der Waals surface area contributed by atoms with Crippen molar-refractivity contribution >= 4 is 21.7 Å². The van der Waals surface area contributed by atoms with E-state index in [4.69, 9.17) is 11.6 Å². The Labute approximate surface area is 115 Å². The van der Waals surface area contributed by atoms with Gasteiger partial charge in [-0.05, 0) is 17.7 Å². The Bertz CT molecular complexity index is 403. The van der Waals surface area contributed by atoms with E-state index in [1.807, 2.05) is 0 Å². The van der Waals surface area contributed by atoms with Crippen LogP contribution in [0.5, 0.6) is 0 Å². The fourth-order valence-corrected chi connectivity index (χ4v) is 1.59. The molecule has 7 heteroatoms. The van der Waals surface area contributed by atoms with Crippen molar-refractivity contribution in [3.05, 3.63) is 29.8 Å². The fourth-order valence-electron chi connectivity index (χ4n) is 0.946. The van der Waals surface area contributed by atoms with E-state index in [1.165, 1.54) is 12.1 Å². The molecule has 0 bridgehead atoms. The molecule has 1 unspecified atom stereocenters. The first-order chi connectivity index (χ1) is 6.45. The molecule has 0 amide bonds. The molecule has 0 fully saturated rings. The Hall–Kier alpha value is 0.380. The van der Waals surface area contributed by atoms with E-state index in [9.17, 15) is 18.1 Å². The van der Waals surface area contributed by atoms with Gasteiger partial charge in [-0.2, -0.15) is 0 Å². The van der Waals surface area contributed by atoms with Crippen LogP contribution in [0.2, 0.25) is 0 Å². The van der Waals surface area contributed by atoms with Crippen LogP contribution in [0.1, 0.15) is 11.7 Å². The van der Waals surface area contributed by atoms with E-state index in [2.05, 4.69) is 0 Å². The summed E-state index contributed by atoms with van der Waals surface area (Å²) in [4.78, 5) is -0.317. The van der Waals surface area contributed by atoms with Crippen LogP contribution in [-0.4, -0.2) is 24.0 Å². The van der Waals surface area contributed by atoms with Crippen molar-refractivity contribution in [2.24, 2.45) is 0 Å². The Morgan fingerprint density at radius 1 is 1.33 bits per heavy atom. The topological polar surface area (TPSA) is 77.4 Å². The summed E-state index contributed by atoms with van der Waals surface area (Å²) in [5.41, 5.74) is 0.479. The molecule has 4 nitrogen and oxygen atoms in total. The zero-order valence-corrected chi connectivity index (χ0v) is 11.6. The number of halogens is 1. The summed E-state index contributed by atoms with van der Waals surface area (Å²) in [7, 11) is -4.42. The van der Waals surface area contributed by atoms with Gasteiger partial charge in [-0.15, -0.1) is 11.6 Å². The second-order valence-electron chi connectivity index (χ2n) is 2.69. The normalized spacial score (nSPS) is 13.0. The van der Waals surface area contributed by atoms with Crippen molar-refractivity contribution in [3.8, 4) is 0 Å². The van der Waals surface area contributed by atoms with Gasteiger partial charge in [0.15, 0.2) is 0 Å². The Morgan fingerprint density at radius 2 is 1.80 bits per heavy atom. The maximum atomic E-state index is 10.5. The molecule has 1 atom stereocenters. The van der Waals surface area contributed by atoms with Gasteiger partial charge in [0.1, 0.15) is 10.1 Å². The minimum Gasteiger partial charge on any atom is -0.744 e. The number of alkyl halides is 1. The molecule has 1 rings (SSSR count). The minimum atomic E-state index is -4.42. The smallest absolute Gasteiger partial charge is 0.744 e. The summed E-state index contributed by atoms with van der Waals surface area (Å²) in [6.45, 7) is 0. The standard InChI is InChI=1S/C8H9ClO4S.Na/c9-5-8(10)6-1-3-7(4-2-6)14(11,12)13;/h1-4,8,10H,5H2,(H,11,12,13);/q;+1/p-1. The van der Waals surface area contributed by atoms with Gasteiger partial charge in [0.05, 0.1) is 16.9 Å². The monoisotopic (exact) mass is 258 g/mol. The van der Waals surface area contributed by atoms with Crippen LogP contribution in [0, 0.1) is 0 Å². The number of rotatable bonds is 3. The van der Waals surface area contributed by atoms with Crippen LogP contribution in [0.3, 0.4) is 0 Å². The second-order valence-corrected chi connectivity index (χ2v) is 4.38. The van der Waals surface area contributed by atoms with Crippen molar-refractivity contribution in [1.82, 2.24) is 0 Å². The van der Waals surface area contributed by atoms with Crippen molar-refractivity contribution in [1.29, 1.82) is 0 Å². The molecule has 0 spiro atoms. The van der Waals surface area contributed by atoms with Crippen LogP contribution >= 0.6 is 11.6 Å². The van der Waals surface area contributed by atoms with E-state index in [-0.39, 0.29) is 40.3 Å². The Morgan fingerprint density at radius 3 is 2.13 bits per heavy atom. The molecule has 0 aromatic heterocycles. The van der Waals surface area contributed by atoms with Crippen molar-refractivity contribution in [2.75, 3.05) is 5.88 Å². The molecule has 0 heterocycles. The SMILES string of the molecule is O=S(=O)([O-])c1ccc(C(O)CCl)cc1.[Na+]. The molecular formula is C8H8ClNaO4S. The van der Waals surface area contributed by atoms with Crippen LogP contribution in [0.15, 0.2) is 29.2 Å². The molecule has 0 aliphatic heterocycles. The summed E-state index contributed by atoms with van der Waals surface area (Å²) in [5, 5.41) is 9.26. The number of aliphatic hydroxyl groups is 1. The van der Waals surface area contributed by atoms with Gasteiger partial charge < -0.3 is 9.66 Å². The maximum Gasteiger partial charge on any atom is 1.00 e. The molecule has 15 heavy (non-hydrogen) atoms. The van der Waals surface area contributed by atoms with Gasteiger partial charge in [0.2, 0.25) is 0 Å². The molecule has 0 saturated heterocycles. The minimum absolute atomic E-state index is 0. The largest absolute Gasteiger partial charge is 1.00 e. The third-order valence-electron chi connectivity index (χ3n) is 1.70. The van der Waals surface area contributed by atoms with Gasteiger partial charge >= 0.3 is 29.6 Å². The van der Waals surface area contributed by atoms with Gasteiger partial charge in [-0.1, -0.05) is 12.1 Å². The summed E-state index contributed by atoms with van der Waals surface area (Å²) < 4.78 is 31.6. The zero-order chi connectivity index (χ0) is 10.8. The third-order valence-corrected chi connectivity index (χ3v) is 2.84. The van der Waals surface area contributed by atoms with Gasteiger partial charge in [-0.3, -0.25) is 0 Å². The summed E-state index contributed by atoms with van der Waals surface area (Å²) in [6.07, 6.45) is -0.847. The molecule has 0 aliphatic carbocycles. The number of aliphatic hydroxyl groups excluding tert-OH is 1. The molecule has 1 N–H and O–H groups in total. The van der Waals surface area contributed by atoms with E-state index in [0.29, 0.717) is 5.56 Å². The van der Waals surface area contributed by atoms with Crippen molar-refractivity contribution in [2.45, 2.75) is 11.0 Å². The quantitative estimate of drug-likeness (QED) is 0.382. The van der Waals surface area contributed by atoms with Crippen molar-refractivity contribution < 1.29 is 47.6 Å². The summed E-state index contributed by atoms with van der Waals surface area (Å²) in [5.74, 6) is 0.0173. The van der Waals surface area contributed by atoms with Crippen molar-refractivity contribution in [3.63, 3.8) is 0 Å². The van der Waals surface area contributed by atoms with E-state index < -0.39 is 16.2 Å². The molecule has 1 aromatic carbocycles. The average molecular weight is 259 g/mol. The Kier molecular flexibility index (Phi) is 6.36. The first-order valence-electron chi connectivity index (χ1n) is 3.75. The number of hydrogen-bond donors (Lipinski definition) is 1.